The molecule has 0 radical (unpaired) electrons. The Hall–Kier alpha value is -0.120. The molecule has 3 nitrogen and oxygen atoms in total. The fraction of sp³-hybridized carbons (Fsp3) is 1.00. The van der Waals surface area contributed by atoms with Gasteiger partial charge >= 0.3 is 0 Å². The maximum atomic E-state index is 10.6. The molecule has 1 saturated carbocycles. The lowest BCUT2D eigenvalue weighted by Gasteiger charge is -2.35. The van der Waals surface area contributed by atoms with E-state index in [0.29, 0.717) is 24.3 Å². The summed E-state index contributed by atoms with van der Waals surface area (Å²) in [5.74, 6) is 1.71. The molecule has 1 aliphatic carbocycles. The van der Waals surface area contributed by atoms with Gasteiger partial charge in [0.25, 0.3) is 0 Å². The summed E-state index contributed by atoms with van der Waals surface area (Å²) in [6.07, 6.45) is 2.29. The molecule has 0 saturated heterocycles. The van der Waals surface area contributed by atoms with E-state index >= 15 is 0 Å². The lowest BCUT2D eigenvalue weighted by Crippen LogP contribution is -2.51. The van der Waals surface area contributed by atoms with Crippen molar-refractivity contribution >= 4 is 0 Å². The van der Waals surface area contributed by atoms with Crippen molar-refractivity contribution in [2.45, 2.75) is 46.1 Å². The third-order valence-corrected chi connectivity index (χ3v) is 3.43. The molecule has 0 heterocycles. The summed E-state index contributed by atoms with van der Waals surface area (Å²) in [5, 5.41) is 10.6. The Bertz CT molecular complexity index is 216. The van der Waals surface area contributed by atoms with Crippen molar-refractivity contribution in [1.82, 2.24) is 4.90 Å². The molecule has 1 unspecified atom stereocenters. The summed E-state index contributed by atoms with van der Waals surface area (Å²) in [6.45, 7) is 12.1. The normalized spacial score (nSPS) is 20.3. The molecule has 1 fully saturated rings. The molecule has 3 heteroatoms. The molecule has 0 spiro atoms. The highest BCUT2D eigenvalue weighted by atomic mass is 16.3. The molecule has 17 heavy (non-hydrogen) atoms. The first-order chi connectivity index (χ1) is 7.87. The van der Waals surface area contributed by atoms with E-state index in [-0.39, 0.29) is 0 Å². The molecule has 102 valence electrons. The van der Waals surface area contributed by atoms with Gasteiger partial charge in [-0.25, -0.2) is 0 Å². The lowest BCUT2D eigenvalue weighted by atomic mass is 9.96. The standard InChI is InChI=1S/C14H30N2O/c1-11(2)7-16(8-12(3)4)10-14(17,9-15)13-5-6-13/h11-13,17H,5-10,15H2,1-4H3. The number of nitrogens with two attached hydrogens (primary N) is 1. The van der Waals surface area contributed by atoms with Crippen LogP contribution in [0, 0.1) is 17.8 Å². The number of nitrogens with zero attached hydrogens (tertiary/aromatic N) is 1. The fourth-order valence-electron chi connectivity index (χ4n) is 2.60. The second-order valence-electron chi connectivity index (χ2n) is 6.56. The Kier molecular flexibility index (Phi) is 5.42. The predicted octanol–water partition coefficient (Wildman–Crippen LogP) is 1.70. The topological polar surface area (TPSA) is 49.5 Å². The predicted molar refractivity (Wildman–Crippen MR) is 72.8 cm³/mol. The zero-order valence-electron chi connectivity index (χ0n) is 11.9. The van der Waals surface area contributed by atoms with Gasteiger partial charge in [0.2, 0.25) is 0 Å². The average Bonchev–Trinajstić information content (AvgIpc) is 2.98. The van der Waals surface area contributed by atoms with Crippen molar-refractivity contribution in [2.75, 3.05) is 26.2 Å². The number of rotatable bonds is 8. The van der Waals surface area contributed by atoms with Gasteiger partial charge in [-0.05, 0) is 30.6 Å². The highest BCUT2D eigenvalue weighted by Gasteiger charge is 2.43. The Morgan fingerprint density at radius 2 is 1.65 bits per heavy atom. The minimum Gasteiger partial charge on any atom is -0.387 e. The first-order valence-electron chi connectivity index (χ1n) is 7.02. The van der Waals surface area contributed by atoms with E-state index in [4.69, 9.17) is 5.73 Å². The lowest BCUT2D eigenvalue weighted by molar-refractivity contribution is -0.0134. The summed E-state index contributed by atoms with van der Waals surface area (Å²) in [4.78, 5) is 2.39. The molecule has 0 bridgehead atoms. The third kappa shape index (κ3) is 4.94. The van der Waals surface area contributed by atoms with E-state index in [2.05, 4.69) is 32.6 Å². The van der Waals surface area contributed by atoms with Crippen LogP contribution in [0.2, 0.25) is 0 Å². The van der Waals surface area contributed by atoms with Crippen molar-refractivity contribution in [3.05, 3.63) is 0 Å². The highest BCUT2D eigenvalue weighted by Crippen LogP contribution is 2.39. The van der Waals surface area contributed by atoms with Gasteiger partial charge in [-0.2, -0.15) is 0 Å². The number of aliphatic hydroxyl groups is 1. The van der Waals surface area contributed by atoms with E-state index in [1.807, 2.05) is 0 Å². The van der Waals surface area contributed by atoms with Crippen LogP contribution in [0.5, 0.6) is 0 Å². The van der Waals surface area contributed by atoms with E-state index in [1.54, 1.807) is 0 Å². The molecule has 3 N–H and O–H groups in total. The quantitative estimate of drug-likeness (QED) is 0.681. The van der Waals surface area contributed by atoms with E-state index < -0.39 is 5.60 Å². The van der Waals surface area contributed by atoms with Gasteiger partial charge in [-0.15, -0.1) is 0 Å². The summed E-state index contributed by atoms with van der Waals surface area (Å²) in [5.41, 5.74) is 5.13. The van der Waals surface area contributed by atoms with Crippen molar-refractivity contribution in [1.29, 1.82) is 0 Å². The number of hydrogen-bond donors (Lipinski definition) is 2. The first-order valence-corrected chi connectivity index (χ1v) is 7.02. The number of hydrogen-bond acceptors (Lipinski definition) is 3. The van der Waals surface area contributed by atoms with Gasteiger partial charge in [0.15, 0.2) is 0 Å². The zero-order chi connectivity index (χ0) is 13.1. The minimum atomic E-state index is -0.649. The highest BCUT2D eigenvalue weighted by molar-refractivity contribution is 4.97. The fourth-order valence-corrected chi connectivity index (χ4v) is 2.60. The molecule has 0 aliphatic heterocycles. The monoisotopic (exact) mass is 242 g/mol. The maximum absolute atomic E-state index is 10.6. The Balaban J connectivity index is 2.56. The summed E-state index contributed by atoms with van der Waals surface area (Å²) in [7, 11) is 0. The Labute approximate surface area is 106 Å². The molecule has 1 atom stereocenters. The molecule has 0 aromatic heterocycles. The molecule has 0 aromatic rings. The molecule has 0 aromatic carbocycles. The summed E-state index contributed by atoms with van der Waals surface area (Å²) in [6, 6.07) is 0. The minimum absolute atomic E-state index is 0.393. The van der Waals surface area contributed by atoms with Gasteiger partial charge in [-0.3, -0.25) is 4.90 Å². The van der Waals surface area contributed by atoms with Crippen molar-refractivity contribution in [3.63, 3.8) is 0 Å². The van der Waals surface area contributed by atoms with E-state index in [1.165, 1.54) is 0 Å². The second kappa shape index (κ2) is 6.17. The molecule has 1 aliphatic rings. The van der Waals surface area contributed by atoms with E-state index in [9.17, 15) is 5.11 Å². The van der Waals surface area contributed by atoms with Crippen LogP contribution in [0.25, 0.3) is 0 Å². The van der Waals surface area contributed by atoms with Crippen molar-refractivity contribution < 1.29 is 5.11 Å². The zero-order valence-corrected chi connectivity index (χ0v) is 11.9. The van der Waals surface area contributed by atoms with Gasteiger partial charge < -0.3 is 10.8 Å². The summed E-state index contributed by atoms with van der Waals surface area (Å²) < 4.78 is 0. The van der Waals surface area contributed by atoms with Crippen LogP contribution in [0.3, 0.4) is 0 Å². The Morgan fingerprint density at radius 3 is 1.94 bits per heavy atom. The van der Waals surface area contributed by atoms with Crippen LogP contribution in [0.15, 0.2) is 0 Å². The molecule has 1 rings (SSSR count). The Morgan fingerprint density at radius 1 is 1.18 bits per heavy atom. The van der Waals surface area contributed by atoms with Crippen molar-refractivity contribution in [3.8, 4) is 0 Å². The first kappa shape index (κ1) is 14.9. The van der Waals surface area contributed by atoms with Crippen molar-refractivity contribution in [2.24, 2.45) is 23.5 Å². The van der Waals surface area contributed by atoms with Gasteiger partial charge in [0.1, 0.15) is 0 Å². The van der Waals surface area contributed by atoms with Gasteiger partial charge in [-0.1, -0.05) is 27.7 Å². The van der Waals surface area contributed by atoms with Crippen LogP contribution in [-0.4, -0.2) is 41.8 Å². The van der Waals surface area contributed by atoms with Crippen LogP contribution in [0.4, 0.5) is 0 Å². The SMILES string of the molecule is CC(C)CN(CC(C)C)CC(O)(CN)C1CC1. The van der Waals surface area contributed by atoms with Crippen LogP contribution in [0.1, 0.15) is 40.5 Å². The average molecular weight is 242 g/mol. The van der Waals surface area contributed by atoms with Crippen LogP contribution >= 0.6 is 0 Å². The third-order valence-electron chi connectivity index (χ3n) is 3.43. The maximum Gasteiger partial charge on any atom is 0.0923 e. The molecular formula is C14H30N2O. The second-order valence-corrected chi connectivity index (χ2v) is 6.56. The van der Waals surface area contributed by atoms with Gasteiger partial charge in [0.05, 0.1) is 5.60 Å². The summed E-state index contributed by atoms with van der Waals surface area (Å²) >= 11 is 0. The largest absolute Gasteiger partial charge is 0.387 e. The smallest absolute Gasteiger partial charge is 0.0923 e. The molecule has 0 amide bonds. The van der Waals surface area contributed by atoms with Gasteiger partial charge in [0, 0.05) is 26.2 Å². The van der Waals surface area contributed by atoms with Crippen LogP contribution in [-0.2, 0) is 0 Å². The van der Waals surface area contributed by atoms with E-state index in [0.717, 1.165) is 32.5 Å². The van der Waals surface area contributed by atoms with Crippen LogP contribution < -0.4 is 5.73 Å². The molecular weight excluding hydrogens is 212 g/mol.